The Bertz CT molecular complexity index is 652. The minimum absolute atomic E-state index is 0. The first-order valence-electron chi connectivity index (χ1n) is 7.72. The summed E-state index contributed by atoms with van der Waals surface area (Å²) in [4.78, 5) is 38.9. The molecule has 24 heavy (non-hydrogen) atoms. The number of anilines is 2. The number of benzene rings is 1. The first-order valence-corrected chi connectivity index (χ1v) is 7.72. The number of fused-ring (bicyclic) bond motifs is 1. The zero-order valence-electron chi connectivity index (χ0n) is 13.1. The maximum Gasteiger partial charge on any atom is 0.320 e. The number of carbonyl (C=O) groups excluding carboxylic acids is 2. The predicted octanol–water partition coefficient (Wildman–Crippen LogP) is 1.33. The van der Waals surface area contributed by atoms with Crippen LogP contribution in [0.2, 0.25) is 0 Å². The maximum atomic E-state index is 12.7. The SMILES string of the molecule is Cl.O=C1CN(C(=O)CN2CCCCC2C(=O)O)c2ccccc2N1. The second kappa shape index (κ2) is 7.63. The van der Waals surface area contributed by atoms with Crippen LogP contribution >= 0.6 is 12.4 Å². The maximum absolute atomic E-state index is 12.7. The third-order valence-electron chi connectivity index (χ3n) is 4.31. The largest absolute Gasteiger partial charge is 0.480 e. The molecule has 130 valence electrons. The average Bonchev–Trinajstić information content (AvgIpc) is 2.54. The Morgan fingerprint density at radius 3 is 2.75 bits per heavy atom. The fraction of sp³-hybridized carbons (Fsp3) is 0.438. The van der Waals surface area contributed by atoms with Crippen LogP contribution in [0.15, 0.2) is 24.3 Å². The van der Waals surface area contributed by atoms with Crippen molar-refractivity contribution in [2.75, 3.05) is 29.9 Å². The number of nitrogens with one attached hydrogen (secondary N) is 1. The summed E-state index contributed by atoms with van der Waals surface area (Å²) in [5.41, 5.74) is 1.26. The monoisotopic (exact) mass is 353 g/mol. The standard InChI is InChI=1S/C16H19N3O4.ClH/c20-14-9-19(12-6-2-1-5-11(12)17-14)15(21)10-18-8-4-3-7-13(18)16(22)23;/h1-2,5-6,13H,3-4,7-10H2,(H,17,20)(H,22,23);1H. The van der Waals surface area contributed by atoms with Gasteiger partial charge in [0.2, 0.25) is 11.8 Å². The van der Waals surface area contributed by atoms with Crippen molar-refractivity contribution < 1.29 is 19.5 Å². The number of amides is 2. The molecule has 1 fully saturated rings. The van der Waals surface area contributed by atoms with Gasteiger partial charge in [-0.2, -0.15) is 0 Å². The smallest absolute Gasteiger partial charge is 0.320 e. The third kappa shape index (κ3) is 3.68. The fourth-order valence-electron chi connectivity index (χ4n) is 3.17. The number of hydrogen-bond donors (Lipinski definition) is 2. The summed E-state index contributed by atoms with van der Waals surface area (Å²) in [6, 6.07) is 6.49. The van der Waals surface area contributed by atoms with Gasteiger partial charge < -0.3 is 10.4 Å². The third-order valence-corrected chi connectivity index (χ3v) is 4.31. The number of halogens is 1. The highest BCUT2D eigenvalue weighted by atomic mass is 35.5. The number of piperidine rings is 1. The van der Waals surface area contributed by atoms with E-state index < -0.39 is 12.0 Å². The van der Waals surface area contributed by atoms with E-state index in [-0.39, 0.29) is 37.3 Å². The first-order chi connectivity index (χ1) is 11.1. The van der Waals surface area contributed by atoms with Gasteiger partial charge in [-0.15, -0.1) is 12.4 Å². The fourth-order valence-corrected chi connectivity index (χ4v) is 3.17. The molecule has 0 aliphatic carbocycles. The molecule has 2 aliphatic heterocycles. The van der Waals surface area contributed by atoms with E-state index >= 15 is 0 Å². The van der Waals surface area contributed by atoms with Gasteiger partial charge >= 0.3 is 5.97 Å². The van der Waals surface area contributed by atoms with Gasteiger partial charge in [0, 0.05) is 0 Å². The summed E-state index contributed by atoms with van der Waals surface area (Å²) in [5.74, 6) is -1.39. The summed E-state index contributed by atoms with van der Waals surface area (Å²) in [7, 11) is 0. The van der Waals surface area contributed by atoms with Gasteiger partial charge in [0.05, 0.1) is 17.9 Å². The van der Waals surface area contributed by atoms with Gasteiger partial charge in [-0.05, 0) is 31.5 Å². The Morgan fingerprint density at radius 2 is 2.00 bits per heavy atom. The molecule has 1 aromatic carbocycles. The Kier molecular flexibility index (Phi) is 5.80. The molecular formula is C16H20ClN3O4. The summed E-state index contributed by atoms with van der Waals surface area (Å²) in [6.45, 7) is 0.560. The number of nitrogens with zero attached hydrogens (tertiary/aromatic N) is 2. The molecular weight excluding hydrogens is 334 g/mol. The lowest BCUT2D eigenvalue weighted by molar-refractivity contribution is -0.145. The second-order valence-corrected chi connectivity index (χ2v) is 5.87. The normalized spacial score (nSPS) is 20.6. The molecule has 7 nitrogen and oxygen atoms in total. The van der Waals surface area contributed by atoms with E-state index in [0.717, 1.165) is 12.8 Å². The zero-order chi connectivity index (χ0) is 16.4. The van der Waals surface area contributed by atoms with Crippen LogP contribution in [0.25, 0.3) is 0 Å². The van der Waals surface area contributed by atoms with Crippen LogP contribution in [0, 0.1) is 0 Å². The molecule has 3 rings (SSSR count). The van der Waals surface area contributed by atoms with Crippen molar-refractivity contribution in [3.8, 4) is 0 Å². The number of aliphatic carboxylic acids is 1. The number of para-hydroxylation sites is 2. The Hall–Kier alpha value is -2.12. The number of rotatable bonds is 3. The van der Waals surface area contributed by atoms with E-state index in [1.54, 1.807) is 29.2 Å². The van der Waals surface area contributed by atoms with E-state index in [0.29, 0.717) is 24.3 Å². The van der Waals surface area contributed by atoms with E-state index in [4.69, 9.17) is 0 Å². The van der Waals surface area contributed by atoms with Crippen molar-refractivity contribution >= 4 is 41.6 Å². The number of hydrogen-bond acceptors (Lipinski definition) is 4. The van der Waals surface area contributed by atoms with Crippen LogP contribution in [-0.2, 0) is 14.4 Å². The first kappa shape index (κ1) is 18.2. The molecule has 2 aliphatic rings. The highest BCUT2D eigenvalue weighted by molar-refractivity contribution is 6.10. The molecule has 0 spiro atoms. The van der Waals surface area contributed by atoms with Gasteiger partial charge in [0.1, 0.15) is 12.6 Å². The van der Waals surface area contributed by atoms with E-state index in [2.05, 4.69) is 5.32 Å². The number of carboxylic acid groups (broad SMARTS) is 1. The predicted molar refractivity (Wildman–Crippen MR) is 91.5 cm³/mol. The van der Waals surface area contributed by atoms with Crippen LogP contribution < -0.4 is 10.2 Å². The molecule has 1 aromatic rings. The quantitative estimate of drug-likeness (QED) is 0.855. The van der Waals surface area contributed by atoms with Crippen LogP contribution in [0.5, 0.6) is 0 Å². The van der Waals surface area contributed by atoms with Crippen molar-refractivity contribution in [3.05, 3.63) is 24.3 Å². The summed E-state index contributed by atoms with van der Waals surface area (Å²) >= 11 is 0. The Labute approximate surface area is 146 Å². The molecule has 1 unspecified atom stereocenters. The van der Waals surface area contributed by atoms with E-state index in [1.807, 2.05) is 0 Å². The lowest BCUT2D eigenvalue weighted by atomic mass is 10.0. The molecule has 1 saturated heterocycles. The zero-order valence-corrected chi connectivity index (χ0v) is 13.9. The molecule has 0 aromatic heterocycles. The molecule has 0 saturated carbocycles. The molecule has 2 heterocycles. The van der Waals surface area contributed by atoms with Gasteiger partial charge in [0.15, 0.2) is 0 Å². The summed E-state index contributed by atoms with van der Waals surface area (Å²) in [6.07, 6.45) is 2.30. The lowest BCUT2D eigenvalue weighted by Crippen LogP contribution is -2.52. The van der Waals surface area contributed by atoms with Gasteiger partial charge in [0.25, 0.3) is 0 Å². The highest BCUT2D eigenvalue weighted by Crippen LogP contribution is 2.29. The number of carboxylic acids is 1. The van der Waals surface area contributed by atoms with Crippen LogP contribution in [0.4, 0.5) is 11.4 Å². The molecule has 2 amide bonds. The van der Waals surface area contributed by atoms with Gasteiger partial charge in [-0.3, -0.25) is 24.2 Å². The topological polar surface area (TPSA) is 90.0 Å². The average molecular weight is 354 g/mol. The molecule has 1 atom stereocenters. The summed E-state index contributed by atoms with van der Waals surface area (Å²) in [5, 5.41) is 12.0. The molecule has 2 N–H and O–H groups in total. The second-order valence-electron chi connectivity index (χ2n) is 5.87. The molecule has 0 radical (unpaired) electrons. The van der Waals surface area contributed by atoms with Crippen molar-refractivity contribution in [3.63, 3.8) is 0 Å². The lowest BCUT2D eigenvalue weighted by Gasteiger charge is -2.35. The van der Waals surface area contributed by atoms with Crippen molar-refractivity contribution in [1.82, 2.24) is 4.90 Å². The van der Waals surface area contributed by atoms with Gasteiger partial charge in [-0.1, -0.05) is 18.6 Å². The van der Waals surface area contributed by atoms with Crippen molar-refractivity contribution in [2.45, 2.75) is 25.3 Å². The Morgan fingerprint density at radius 1 is 1.25 bits per heavy atom. The minimum Gasteiger partial charge on any atom is -0.480 e. The van der Waals surface area contributed by atoms with E-state index in [1.165, 1.54) is 4.90 Å². The highest BCUT2D eigenvalue weighted by Gasteiger charge is 2.33. The van der Waals surface area contributed by atoms with E-state index in [9.17, 15) is 19.5 Å². The van der Waals surface area contributed by atoms with Crippen LogP contribution in [0.1, 0.15) is 19.3 Å². The van der Waals surface area contributed by atoms with Gasteiger partial charge in [-0.25, -0.2) is 0 Å². The Balaban J connectivity index is 0.00000208. The molecule has 8 heteroatoms. The molecule has 0 bridgehead atoms. The van der Waals surface area contributed by atoms with Crippen molar-refractivity contribution in [2.24, 2.45) is 0 Å². The van der Waals surface area contributed by atoms with Crippen LogP contribution in [0.3, 0.4) is 0 Å². The number of carbonyl (C=O) groups is 3. The van der Waals surface area contributed by atoms with Crippen LogP contribution in [-0.4, -0.2) is 53.5 Å². The summed E-state index contributed by atoms with van der Waals surface area (Å²) < 4.78 is 0. The number of likely N-dealkylation sites (tertiary alicyclic amines) is 1. The van der Waals surface area contributed by atoms with Crippen molar-refractivity contribution in [1.29, 1.82) is 0 Å². The minimum atomic E-state index is -0.894.